The Balaban J connectivity index is 1.89. The van der Waals surface area contributed by atoms with Crippen LogP contribution in [0.5, 0.6) is 0 Å². The van der Waals surface area contributed by atoms with E-state index in [1.165, 1.54) is 24.4 Å². The van der Waals surface area contributed by atoms with Gasteiger partial charge in [-0.3, -0.25) is 4.79 Å². The molecule has 6 nitrogen and oxygen atoms in total. The van der Waals surface area contributed by atoms with Crippen LogP contribution in [-0.2, 0) is 4.74 Å². The van der Waals surface area contributed by atoms with Gasteiger partial charge in [0.2, 0.25) is 0 Å². The molecule has 0 radical (unpaired) electrons. The number of nitrogens with zero attached hydrogens (tertiary/aromatic N) is 1. The first kappa shape index (κ1) is 19.2. The summed E-state index contributed by atoms with van der Waals surface area (Å²) in [5.74, 6) is -3.55. The minimum atomic E-state index is -2.26. The summed E-state index contributed by atoms with van der Waals surface area (Å²) in [6, 6.07) is 3.83. The van der Waals surface area contributed by atoms with Crippen LogP contribution in [-0.4, -0.2) is 16.7 Å². The molecule has 0 saturated heterocycles. The Morgan fingerprint density at radius 2 is 2.15 bits per heavy atom. The van der Waals surface area contributed by atoms with Crippen LogP contribution >= 0.6 is 23.2 Å². The predicted octanol–water partition coefficient (Wildman–Crippen LogP) is 3.88. The summed E-state index contributed by atoms with van der Waals surface area (Å²) < 4.78 is 33.9. The van der Waals surface area contributed by atoms with E-state index in [1.807, 2.05) is 0 Å². The Bertz CT molecular complexity index is 937. The number of alkyl halides is 1. The van der Waals surface area contributed by atoms with Gasteiger partial charge in [0.15, 0.2) is 0 Å². The lowest BCUT2D eigenvalue weighted by Gasteiger charge is -2.35. The van der Waals surface area contributed by atoms with Crippen LogP contribution in [0.3, 0.4) is 0 Å². The van der Waals surface area contributed by atoms with E-state index in [1.54, 1.807) is 0 Å². The van der Waals surface area contributed by atoms with Gasteiger partial charge in [-0.1, -0.05) is 23.2 Å². The van der Waals surface area contributed by atoms with E-state index in [4.69, 9.17) is 33.7 Å². The summed E-state index contributed by atoms with van der Waals surface area (Å²) in [6.07, 6.45) is 2.28. The molecule has 0 spiro atoms. The van der Waals surface area contributed by atoms with Gasteiger partial charge in [-0.2, -0.15) is 4.39 Å². The molecule has 0 unspecified atom stereocenters. The molecule has 0 saturated carbocycles. The Morgan fingerprint density at radius 3 is 2.85 bits per heavy atom. The van der Waals surface area contributed by atoms with Crippen molar-refractivity contribution in [3.63, 3.8) is 0 Å². The number of carbonyl (C=O) groups excluding carboxylic acids is 1. The molecule has 27 heavy (non-hydrogen) atoms. The highest BCUT2D eigenvalue weighted by Crippen LogP contribution is 2.36. The molecule has 4 N–H and O–H groups in total. The largest absolute Gasteiger partial charge is 0.459 e. The maximum absolute atomic E-state index is 14.6. The maximum atomic E-state index is 14.6. The second-order valence-electron chi connectivity index (χ2n) is 5.93. The number of hydrogen-bond acceptors (Lipinski definition) is 5. The van der Waals surface area contributed by atoms with Crippen molar-refractivity contribution in [2.24, 2.45) is 5.73 Å². The van der Waals surface area contributed by atoms with Gasteiger partial charge in [-0.15, -0.1) is 0 Å². The molecule has 1 amide bonds. The highest BCUT2D eigenvalue weighted by atomic mass is 35.5. The first-order chi connectivity index (χ1) is 12.7. The van der Waals surface area contributed by atoms with Crippen molar-refractivity contribution < 1.29 is 18.3 Å². The molecular formula is C17H14Cl2F2N4O2. The van der Waals surface area contributed by atoms with Crippen LogP contribution in [0.25, 0.3) is 0 Å². The van der Waals surface area contributed by atoms with E-state index in [2.05, 4.69) is 15.6 Å². The highest BCUT2D eigenvalue weighted by Gasteiger charge is 2.41. The molecule has 3 rings (SSSR count). The number of nitrogens with two attached hydrogens (primary N) is 1. The van der Waals surface area contributed by atoms with Crippen molar-refractivity contribution in [2.45, 2.75) is 18.8 Å². The lowest BCUT2D eigenvalue weighted by atomic mass is 9.98. The Hall–Kier alpha value is -2.58. The van der Waals surface area contributed by atoms with Crippen molar-refractivity contribution in [1.82, 2.24) is 10.3 Å². The summed E-state index contributed by atoms with van der Waals surface area (Å²) in [6.45, 7) is 1.13. The first-order valence-electron chi connectivity index (χ1n) is 7.68. The molecule has 1 aromatic carbocycles. The van der Waals surface area contributed by atoms with E-state index in [0.717, 1.165) is 19.3 Å². The monoisotopic (exact) mass is 414 g/mol. The van der Waals surface area contributed by atoms with E-state index >= 15 is 0 Å². The Kier molecular flexibility index (Phi) is 5.12. The number of ether oxygens (including phenoxy) is 1. The van der Waals surface area contributed by atoms with Gasteiger partial charge in [-0.05, 0) is 24.3 Å². The van der Waals surface area contributed by atoms with Crippen LogP contribution in [0.15, 0.2) is 42.5 Å². The molecule has 2 atom stereocenters. The first-order valence-corrected chi connectivity index (χ1v) is 8.44. The lowest BCUT2D eigenvalue weighted by Crippen LogP contribution is -2.45. The number of nitrogens with one attached hydrogen (secondary N) is 2. The average molecular weight is 415 g/mol. The quantitative estimate of drug-likeness (QED) is 0.708. The second-order valence-corrected chi connectivity index (χ2v) is 6.77. The molecule has 1 aliphatic rings. The molecule has 1 aromatic heterocycles. The zero-order valence-corrected chi connectivity index (χ0v) is 15.4. The van der Waals surface area contributed by atoms with E-state index in [9.17, 15) is 13.6 Å². The summed E-state index contributed by atoms with van der Waals surface area (Å²) in [5.41, 5.74) is 5.65. The smallest absolute Gasteiger partial charge is 0.275 e. The summed E-state index contributed by atoms with van der Waals surface area (Å²) in [4.78, 5) is 16.2. The molecule has 142 valence electrons. The van der Waals surface area contributed by atoms with Crippen molar-refractivity contribution in [3.05, 3.63) is 69.7 Å². The van der Waals surface area contributed by atoms with Gasteiger partial charge in [0, 0.05) is 24.4 Å². The normalized spacial score (nSPS) is 21.7. The number of benzene rings is 1. The fourth-order valence-corrected chi connectivity index (χ4v) is 3.01. The number of carbonyl (C=O) groups is 1. The van der Waals surface area contributed by atoms with E-state index in [0.29, 0.717) is 0 Å². The minimum absolute atomic E-state index is 0.0427. The van der Waals surface area contributed by atoms with Crippen molar-refractivity contribution >= 4 is 34.8 Å². The zero-order valence-electron chi connectivity index (χ0n) is 13.9. The Labute approximate surface area is 163 Å². The van der Waals surface area contributed by atoms with Gasteiger partial charge in [0.1, 0.15) is 29.6 Å². The Morgan fingerprint density at radius 1 is 1.41 bits per heavy atom. The topological polar surface area (TPSA) is 89.3 Å². The van der Waals surface area contributed by atoms with Gasteiger partial charge < -0.3 is 21.1 Å². The standard InChI is InChI=1S/C17H14Cl2F2N4O2/c1-17(21)15(25-13(22)7-27-17)10-5-9(2-3-12(10)20)24-16(26)14-11(19)4-8(18)6-23-14/h2-7,15,25H,22H2,1H3,(H,24,26)/t15-,17+/m1/s1. The van der Waals surface area contributed by atoms with Gasteiger partial charge in [0.05, 0.1) is 10.0 Å². The van der Waals surface area contributed by atoms with Crippen LogP contribution in [0, 0.1) is 5.82 Å². The van der Waals surface area contributed by atoms with Crippen molar-refractivity contribution in [2.75, 3.05) is 5.32 Å². The number of halogens is 4. The van der Waals surface area contributed by atoms with Crippen LogP contribution in [0.2, 0.25) is 10.0 Å². The zero-order chi connectivity index (χ0) is 19.8. The molecule has 10 heteroatoms. The number of pyridine rings is 1. The summed E-state index contributed by atoms with van der Waals surface area (Å²) >= 11 is 11.7. The van der Waals surface area contributed by atoms with Gasteiger partial charge >= 0.3 is 0 Å². The molecule has 0 bridgehead atoms. The third-order valence-electron chi connectivity index (χ3n) is 3.83. The summed E-state index contributed by atoms with van der Waals surface area (Å²) in [7, 11) is 0. The van der Waals surface area contributed by atoms with Gasteiger partial charge in [-0.25, -0.2) is 9.37 Å². The SMILES string of the molecule is C[C@]1(F)OC=C(N)N[C@@H]1c1cc(NC(=O)c2ncc(Cl)cc2Cl)ccc1F. The molecule has 1 aliphatic heterocycles. The van der Waals surface area contributed by atoms with E-state index < -0.39 is 23.6 Å². The number of amides is 1. The highest BCUT2D eigenvalue weighted by molar-refractivity contribution is 6.36. The molecule has 2 heterocycles. The molecule has 0 fully saturated rings. The van der Waals surface area contributed by atoms with E-state index in [-0.39, 0.29) is 32.8 Å². The van der Waals surface area contributed by atoms with Crippen molar-refractivity contribution in [1.29, 1.82) is 0 Å². The number of anilines is 1. The number of rotatable bonds is 3. The third-order valence-corrected chi connectivity index (χ3v) is 4.33. The predicted molar refractivity (Wildman–Crippen MR) is 97.4 cm³/mol. The number of aromatic nitrogens is 1. The summed E-state index contributed by atoms with van der Waals surface area (Å²) in [5, 5.41) is 5.49. The number of hydrogen-bond donors (Lipinski definition) is 3. The van der Waals surface area contributed by atoms with Crippen LogP contribution < -0.4 is 16.4 Å². The molecule has 2 aromatic rings. The molecular weight excluding hydrogens is 401 g/mol. The van der Waals surface area contributed by atoms with Gasteiger partial charge in [0.25, 0.3) is 11.8 Å². The fourth-order valence-electron chi connectivity index (χ4n) is 2.55. The van der Waals surface area contributed by atoms with Crippen molar-refractivity contribution in [3.8, 4) is 0 Å². The third kappa shape index (κ3) is 4.06. The minimum Gasteiger partial charge on any atom is -0.459 e. The van der Waals surface area contributed by atoms with Crippen LogP contribution in [0.4, 0.5) is 14.5 Å². The van der Waals surface area contributed by atoms with Crippen LogP contribution in [0.1, 0.15) is 29.0 Å². The maximum Gasteiger partial charge on any atom is 0.275 e. The fraction of sp³-hybridized carbons (Fsp3) is 0.176. The lowest BCUT2D eigenvalue weighted by molar-refractivity contribution is -0.121. The average Bonchev–Trinajstić information content (AvgIpc) is 2.59. The second kappa shape index (κ2) is 7.21. The molecule has 0 aliphatic carbocycles.